The van der Waals surface area contributed by atoms with Crippen molar-refractivity contribution < 1.29 is 9.18 Å². The van der Waals surface area contributed by atoms with Gasteiger partial charge in [0.15, 0.2) is 5.13 Å². The molecule has 4 rings (SSSR count). The zero-order chi connectivity index (χ0) is 20.4. The molecule has 1 atom stereocenters. The van der Waals surface area contributed by atoms with Crippen molar-refractivity contribution in [2.75, 3.05) is 25.0 Å². The molecule has 0 spiro atoms. The van der Waals surface area contributed by atoms with E-state index >= 15 is 0 Å². The lowest BCUT2D eigenvalue weighted by molar-refractivity contribution is -0.117. The second-order valence-corrected chi connectivity index (χ2v) is 8.92. The molecule has 154 valence electrons. The molecule has 8 heteroatoms. The predicted octanol–water partition coefficient (Wildman–Crippen LogP) is 3.92. The van der Waals surface area contributed by atoms with Crippen molar-refractivity contribution in [1.82, 2.24) is 19.9 Å². The second-order valence-electron chi connectivity index (χ2n) is 7.72. The van der Waals surface area contributed by atoms with Gasteiger partial charge in [0.05, 0.1) is 23.3 Å². The molecule has 1 fully saturated rings. The fourth-order valence-electron chi connectivity index (χ4n) is 4.04. The fourth-order valence-corrected chi connectivity index (χ4v) is 4.96. The molecule has 29 heavy (non-hydrogen) atoms. The van der Waals surface area contributed by atoms with Crippen molar-refractivity contribution in [1.29, 1.82) is 0 Å². The van der Waals surface area contributed by atoms with Gasteiger partial charge < -0.3 is 10.3 Å². The van der Waals surface area contributed by atoms with Crippen LogP contribution in [0.4, 0.5) is 9.52 Å². The number of benzene rings is 1. The highest BCUT2D eigenvalue weighted by Gasteiger charge is 2.23. The van der Waals surface area contributed by atoms with Crippen molar-refractivity contribution in [3.63, 3.8) is 0 Å². The number of aromatic amines is 1. The second kappa shape index (κ2) is 8.59. The summed E-state index contributed by atoms with van der Waals surface area (Å²) in [7, 11) is 0. The standard InChI is InChI=1S/C21H26FN5OS/c1-3-16-13(2)29-21(25-16)26-20(28)12-27-8-4-5-14(11-27)9-19-23-17-7-6-15(22)10-18(17)24-19/h6-7,10,14H,3-5,8-9,11-12H2,1-2H3,(H,23,24)(H,25,26,28)/t14-/m0/s1. The Morgan fingerprint density at radius 1 is 1.41 bits per heavy atom. The van der Waals surface area contributed by atoms with Crippen molar-refractivity contribution >= 4 is 33.4 Å². The average molecular weight is 416 g/mol. The number of amides is 1. The maximum atomic E-state index is 13.4. The number of carbonyl (C=O) groups excluding carboxylic acids is 1. The predicted molar refractivity (Wildman–Crippen MR) is 114 cm³/mol. The Hall–Kier alpha value is -2.32. The highest BCUT2D eigenvalue weighted by atomic mass is 32.1. The number of aryl methyl sites for hydroxylation is 2. The first-order chi connectivity index (χ1) is 14.0. The fraction of sp³-hybridized carbons (Fsp3) is 0.476. The van der Waals surface area contributed by atoms with Crippen LogP contribution in [0, 0.1) is 18.7 Å². The molecule has 3 aromatic rings. The van der Waals surface area contributed by atoms with Crippen LogP contribution in [0.3, 0.4) is 0 Å². The Bertz CT molecular complexity index is 1010. The zero-order valence-corrected chi connectivity index (χ0v) is 17.6. The maximum Gasteiger partial charge on any atom is 0.240 e. The van der Waals surface area contributed by atoms with Crippen LogP contribution in [0.15, 0.2) is 18.2 Å². The van der Waals surface area contributed by atoms with Crippen LogP contribution < -0.4 is 5.32 Å². The number of halogens is 1. The Labute approximate surface area is 173 Å². The van der Waals surface area contributed by atoms with Crippen LogP contribution >= 0.6 is 11.3 Å². The normalized spacial score (nSPS) is 17.7. The summed E-state index contributed by atoms with van der Waals surface area (Å²) in [6, 6.07) is 4.61. The number of nitrogens with one attached hydrogen (secondary N) is 2. The number of anilines is 1. The van der Waals surface area contributed by atoms with E-state index in [9.17, 15) is 9.18 Å². The molecule has 2 aromatic heterocycles. The number of carbonyl (C=O) groups is 1. The Balaban J connectivity index is 1.33. The number of hydrogen-bond donors (Lipinski definition) is 2. The molecule has 0 bridgehead atoms. The number of nitrogens with zero attached hydrogens (tertiary/aromatic N) is 3. The zero-order valence-electron chi connectivity index (χ0n) is 16.8. The number of aromatic nitrogens is 3. The van der Waals surface area contributed by atoms with E-state index in [4.69, 9.17) is 0 Å². The lowest BCUT2D eigenvalue weighted by Crippen LogP contribution is -2.41. The van der Waals surface area contributed by atoms with Gasteiger partial charge in [-0.3, -0.25) is 9.69 Å². The van der Waals surface area contributed by atoms with Crippen LogP contribution in [-0.2, 0) is 17.6 Å². The number of piperidine rings is 1. The molecule has 3 heterocycles. The van der Waals surface area contributed by atoms with Crippen LogP contribution in [0.25, 0.3) is 11.0 Å². The first-order valence-corrected chi connectivity index (χ1v) is 10.9. The third kappa shape index (κ3) is 4.82. The molecule has 0 aliphatic carbocycles. The van der Waals surface area contributed by atoms with Gasteiger partial charge >= 0.3 is 0 Å². The van der Waals surface area contributed by atoms with Gasteiger partial charge in [0.2, 0.25) is 5.91 Å². The minimum atomic E-state index is -0.260. The molecule has 0 radical (unpaired) electrons. The van der Waals surface area contributed by atoms with E-state index in [2.05, 4.69) is 32.1 Å². The van der Waals surface area contributed by atoms with Crippen molar-refractivity contribution in [3.8, 4) is 0 Å². The molecule has 1 aliphatic rings. The van der Waals surface area contributed by atoms with Gasteiger partial charge in [0.1, 0.15) is 11.6 Å². The first kappa shape index (κ1) is 20.0. The topological polar surface area (TPSA) is 73.9 Å². The van der Waals surface area contributed by atoms with Crippen molar-refractivity contribution in [2.24, 2.45) is 5.92 Å². The summed E-state index contributed by atoms with van der Waals surface area (Å²) in [5.74, 6) is 1.04. The lowest BCUT2D eigenvalue weighted by Gasteiger charge is -2.31. The quantitative estimate of drug-likeness (QED) is 0.640. The molecule has 1 aromatic carbocycles. The van der Waals surface area contributed by atoms with E-state index in [0.29, 0.717) is 17.6 Å². The monoisotopic (exact) mass is 415 g/mol. The SMILES string of the molecule is CCc1nc(NC(=O)CN2CCC[C@@H](Cc3nc4ccc(F)cc4[nH]3)C2)sc1C. The summed E-state index contributed by atoms with van der Waals surface area (Å²) in [6.45, 7) is 6.26. The van der Waals surface area contributed by atoms with Gasteiger partial charge in [-0.1, -0.05) is 6.92 Å². The summed E-state index contributed by atoms with van der Waals surface area (Å²) in [5, 5.41) is 3.63. The van der Waals surface area contributed by atoms with E-state index in [1.807, 2.05) is 6.92 Å². The number of H-pyrrole nitrogens is 1. The highest BCUT2D eigenvalue weighted by molar-refractivity contribution is 7.15. The maximum absolute atomic E-state index is 13.4. The molecule has 0 unspecified atom stereocenters. The van der Waals surface area contributed by atoms with Crippen molar-refractivity contribution in [2.45, 2.75) is 39.5 Å². The van der Waals surface area contributed by atoms with Gasteiger partial charge in [-0.05, 0) is 56.8 Å². The molecular weight excluding hydrogens is 389 g/mol. The van der Waals surface area contributed by atoms with Crippen LogP contribution in [-0.4, -0.2) is 45.4 Å². The van der Waals surface area contributed by atoms with Crippen LogP contribution in [0.1, 0.15) is 36.2 Å². The number of rotatable bonds is 6. The third-order valence-corrected chi connectivity index (χ3v) is 6.35. The summed E-state index contributed by atoms with van der Waals surface area (Å²) in [6.07, 6.45) is 3.85. The minimum absolute atomic E-state index is 0.0127. The highest BCUT2D eigenvalue weighted by Crippen LogP contribution is 2.24. The summed E-state index contributed by atoms with van der Waals surface area (Å²) in [4.78, 5) is 28.1. The number of imidazole rings is 1. The summed E-state index contributed by atoms with van der Waals surface area (Å²) < 4.78 is 13.4. The first-order valence-electron chi connectivity index (χ1n) is 10.1. The summed E-state index contributed by atoms with van der Waals surface area (Å²) in [5.41, 5.74) is 2.57. The van der Waals surface area contributed by atoms with Crippen LogP contribution in [0.5, 0.6) is 0 Å². The van der Waals surface area contributed by atoms with E-state index in [1.54, 1.807) is 6.07 Å². The Morgan fingerprint density at radius 2 is 2.28 bits per heavy atom. The molecule has 1 saturated heterocycles. The Kier molecular flexibility index (Phi) is 5.91. The van der Waals surface area contributed by atoms with Gasteiger partial charge in [-0.25, -0.2) is 14.4 Å². The van der Waals surface area contributed by atoms with Crippen molar-refractivity contribution in [3.05, 3.63) is 40.4 Å². The number of thiazole rings is 1. The van der Waals surface area contributed by atoms with Gasteiger partial charge in [0.25, 0.3) is 0 Å². The minimum Gasteiger partial charge on any atom is -0.342 e. The number of fused-ring (bicyclic) bond motifs is 1. The van der Waals surface area contributed by atoms with Gasteiger partial charge in [-0.2, -0.15) is 0 Å². The smallest absolute Gasteiger partial charge is 0.240 e. The van der Waals surface area contributed by atoms with Crippen LogP contribution in [0.2, 0.25) is 0 Å². The lowest BCUT2D eigenvalue weighted by atomic mass is 9.94. The van der Waals surface area contributed by atoms with E-state index in [1.165, 1.54) is 23.5 Å². The molecule has 0 saturated carbocycles. The number of hydrogen-bond acceptors (Lipinski definition) is 5. The molecular formula is C21H26FN5OS. The van der Waals surface area contributed by atoms with E-state index in [-0.39, 0.29) is 11.7 Å². The van der Waals surface area contributed by atoms with E-state index in [0.717, 1.165) is 66.2 Å². The van der Waals surface area contributed by atoms with E-state index < -0.39 is 0 Å². The summed E-state index contributed by atoms with van der Waals surface area (Å²) >= 11 is 1.53. The van der Waals surface area contributed by atoms with Gasteiger partial charge in [-0.15, -0.1) is 11.3 Å². The molecule has 1 aliphatic heterocycles. The third-order valence-electron chi connectivity index (χ3n) is 5.42. The Morgan fingerprint density at radius 3 is 3.07 bits per heavy atom. The van der Waals surface area contributed by atoms with Gasteiger partial charge in [0, 0.05) is 17.8 Å². The largest absolute Gasteiger partial charge is 0.342 e. The number of likely N-dealkylation sites (tertiary alicyclic amines) is 1. The molecule has 2 N–H and O–H groups in total. The molecule has 1 amide bonds. The average Bonchev–Trinajstić information content (AvgIpc) is 3.23. The molecule has 6 nitrogen and oxygen atoms in total.